The third-order valence-electron chi connectivity index (χ3n) is 3.56. The highest BCUT2D eigenvalue weighted by atomic mass is 79.9. The zero-order valence-corrected chi connectivity index (χ0v) is 18.2. The maximum absolute atomic E-state index is 12.1. The zero-order chi connectivity index (χ0) is 21.2. The Balaban J connectivity index is 1.81. The van der Waals surface area contributed by atoms with Gasteiger partial charge in [-0.25, -0.2) is 0 Å². The van der Waals surface area contributed by atoms with E-state index in [1.807, 2.05) is 31.2 Å². The number of carbonyl (C=O) groups excluding carboxylic acids is 2. The van der Waals surface area contributed by atoms with Gasteiger partial charge in [0.1, 0.15) is 11.5 Å². The Morgan fingerprint density at radius 1 is 1.14 bits per heavy atom. The summed E-state index contributed by atoms with van der Waals surface area (Å²) in [4.78, 5) is 24.1. The Bertz CT molecular complexity index is 916. The summed E-state index contributed by atoms with van der Waals surface area (Å²) in [6.07, 6.45) is 2.98. The van der Waals surface area contributed by atoms with E-state index in [2.05, 4.69) is 32.1 Å². The molecular weight excluding hydrogens is 458 g/mol. The largest absolute Gasteiger partial charge is 0.496 e. The van der Waals surface area contributed by atoms with Crippen molar-refractivity contribution in [1.82, 2.24) is 16.2 Å². The summed E-state index contributed by atoms with van der Waals surface area (Å²) >= 11 is 8.32. The van der Waals surface area contributed by atoms with Gasteiger partial charge in [-0.1, -0.05) is 12.1 Å². The maximum Gasteiger partial charge on any atom is 0.269 e. The molecule has 152 valence electrons. The molecule has 2 aromatic rings. The normalized spacial score (nSPS) is 10.3. The van der Waals surface area contributed by atoms with Crippen LogP contribution in [0.1, 0.15) is 22.8 Å². The fourth-order valence-electron chi connectivity index (χ4n) is 2.19. The maximum atomic E-state index is 12.1. The van der Waals surface area contributed by atoms with Crippen LogP contribution >= 0.6 is 28.1 Å². The number of amides is 2. The molecule has 2 amide bonds. The highest BCUT2D eigenvalue weighted by molar-refractivity contribution is 9.10. The first-order chi connectivity index (χ1) is 13.9. The SMILES string of the molecule is CCOc1ccc(/C=C/C(=O)NC(=S)NNC(=O)c2ccc(OC)c(Br)c2)cc1. The summed E-state index contributed by atoms with van der Waals surface area (Å²) in [6.45, 7) is 2.50. The van der Waals surface area contributed by atoms with Crippen molar-refractivity contribution < 1.29 is 19.1 Å². The minimum atomic E-state index is -0.433. The summed E-state index contributed by atoms with van der Waals surface area (Å²) in [7, 11) is 1.53. The molecule has 0 fully saturated rings. The second kappa shape index (κ2) is 11.2. The standard InChI is InChI=1S/C20H20BrN3O4S/c1-3-28-15-8-4-13(5-9-15)6-11-18(25)22-20(29)24-23-19(26)14-7-10-17(27-2)16(21)12-14/h4-12H,3H2,1-2H3,(H,23,26)(H2,22,24,25,29)/b11-6+. The monoisotopic (exact) mass is 477 g/mol. The van der Waals surface area contributed by atoms with Crippen LogP contribution in [0.15, 0.2) is 53.0 Å². The lowest BCUT2D eigenvalue weighted by atomic mass is 10.2. The number of benzene rings is 2. The number of thiocarbonyl (C=S) groups is 1. The topological polar surface area (TPSA) is 88.7 Å². The van der Waals surface area contributed by atoms with Crippen molar-refractivity contribution >= 4 is 51.2 Å². The van der Waals surface area contributed by atoms with Crippen molar-refractivity contribution in [3.63, 3.8) is 0 Å². The number of ether oxygens (including phenoxy) is 2. The molecule has 0 saturated heterocycles. The fourth-order valence-corrected chi connectivity index (χ4v) is 2.88. The lowest BCUT2D eigenvalue weighted by molar-refractivity contribution is -0.115. The van der Waals surface area contributed by atoms with E-state index in [1.165, 1.54) is 13.2 Å². The zero-order valence-electron chi connectivity index (χ0n) is 15.8. The summed E-state index contributed by atoms with van der Waals surface area (Å²) in [5.74, 6) is 0.517. The van der Waals surface area contributed by atoms with Gasteiger partial charge >= 0.3 is 0 Å². The van der Waals surface area contributed by atoms with Crippen LogP contribution in [0, 0.1) is 0 Å². The number of hydrogen-bond donors (Lipinski definition) is 3. The number of rotatable bonds is 6. The highest BCUT2D eigenvalue weighted by Crippen LogP contribution is 2.25. The molecule has 0 aromatic heterocycles. The third-order valence-corrected chi connectivity index (χ3v) is 4.38. The molecule has 0 aliphatic carbocycles. The van der Waals surface area contributed by atoms with Gasteiger partial charge in [-0.15, -0.1) is 0 Å². The molecule has 0 aliphatic heterocycles. The Labute approximate surface area is 182 Å². The highest BCUT2D eigenvalue weighted by Gasteiger charge is 2.09. The third kappa shape index (κ3) is 7.20. The van der Waals surface area contributed by atoms with Crippen LogP contribution in [0.3, 0.4) is 0 Å². The van der Waals surface area contributed by atoms with Crippen molar-refractivity contribution in [2.24, 2.45) is 0 Å². The molecule has 0 aliphatic rings. The van der Waals surface area contributed by atoms with E-state index in [0.29, 0.717) is 22.4 Å². The van der Waals surface area contributed by atoms with Crippen molar-refractivity contribution in [3.8, 4) is 11.5 Å². The first-order valence-electron chi connectivity index (χ1n) is 8.58. The average molecular weight is 478 g/mol. The Kier molecular flexibility index (Phi) is 8.63. The molecule has 0 bridgehead atoms. The minimum Gasteiger partial charge on any atom is -0.496 e. The van der Waals surface area contributed by atoms with Crippen LogP contribution in [0.5, 0.6) is 11.5 Å². The molecule has 0 heterocycles. The molecule has 0 radical (unpaired) electrons. The minimum absolute atomic E-state index is 0.0349. The van der Waals surface area contributed by atoms with Gasteiger partial charge in [-0.2, -0.15) is 0 Å². The van der Waals surface area contributed by atoms with Crippen LogP contribution in [-0.2, 0) is 4.79 Å². The first kappa shape index (κ1) is 22.4. The molecule has 0 saturated carbocycles. The molecule has 2 rings (SSSR count). The van der Waals surface area contributed by atoms with Crippen LogP contribution in [0.2, 0.25) is 0 Å². The molecule has 7 nitrogen and oxygen atoms in total. The number of hydrazine groups is 1. The molecule has 9 heteroatoms. The van der Waals surface area contributed by atoms with Crippen LogP contribution in [0.4, 0.5) is 0 Å². The molecule has 0 unspecified atom stereocenters. The van der Waals surface area contributed by atoms with Gasteiger partial charge in [0.2, 0.25) is 5.91 Å². The van der Waals surface area contributed by atoms with Crippen LogP contribution in [-0.4, -0.2) is 30.6 Å². The van der Waals surface area contributed by atoms with Gasteiger partial charge in [-0.05, 0) is 77.0 Å². The Hall–Kier alpha value is -2.91. The van der Waals surface area contributed by atoms with Gasteiger partial charge in [-0.3, -0.25) is 25.8 Å². The van der Waals surface area contributed by atoms with Gasteiger partial charge in [0.25, 0.3) is 5.91 Å². The molecular formula is C20H20BrN3O4S. The Morgan fingerprint density at radius 3 is 2.48 bits per heavy atom. The summed E-state index contributed by atoms with van der Waals surface area (Å²) < 4.78 is 11.1. The number of carbonyl (C=O) groups is 2. The second-order valence-electron chi connectivity index (χ2n) is 5.58. The van der Waals surface area contributed by atoms with E-state index in [-0.39, 0.29) is 5.11 Å². The van der Waals surface area contributed by atoms with Crippen LogP contribution < -0.4 is 25.6 Å². The van der Waals surface area contributed by atoms with Gasteiger partial charge in [0.15, 0.2) is 5.11 Å². The smallest absolute Gasteiger partial charge is 0.269 e. The van der Waals surface area contributed by atoms with Crippen molar-refractivity contribution in [3.05, 3.63) is 64.1 Å². The van der Waals surface area contributed by atoms with Gasteiger partial charge < -0.3 is 9.47 Å². The van der Waals surface area contributed by atoms with Crippen molar-refractivity contribution in [2.75, 3.05) is 13.7 Å². The number of halogens is 1. The lowest BCUT2D eigenvalue weighted by Gasteiger charge is -2.10. The predicted molar refractivity (Wildman–Crippen MR) is 119 cm³/mol. The molecule has 2 aromatic carbocycles. The lowest BCUT2D eigenvalue weighted by Crippen LogP contribution is -2.48. The number of hydrogen-bond acceptors (Lipinski definition) is 5. The first-order valence-corrected chi connectivity index (χ1v) is 9.78. The summed E-state index contributed by atoms with van der Waals surface area (Å²) in [6, 6.07) is 12.2. The number of methoxy groups -OCH3 is 1. The van der Waals surface area contributed by atoms with Crippen LogP contribution in [0.25, 0.3) is 6.08 Å². The quantitative estimate of drug-likeness (QED) is 0.336. The van der Waals surface area contributed by atoms with E-state index >= 15 is 0 Å². The average Bonchev–Trinajstić information content (AvgIpc) is 2.71. The number of nitrogens with one attached hydrogen (secondary N) is 3. The van der Waals surface area contributed by atoms with Gasteiger partial charge in [0, 0.05) is 11.6 Å². The molecule has 0 spiro atoms. The van der Waals surface area contributed by atoms with E-state index in [9.17, 15) is 9.59 Å². The van der Waals surface area contributed by atoms with E-state index in [4.69, 9.17) is 21.7 Å². The van der Waals surface area contributed by atoms with E-state index in [1.54, 1.807) is 24.3 Å². The van der Waals surface area contributed by atoms with Crippen molar-refractivity contribution in [1.29, 1.82) is 0 Å². The predicted octanol–water partition coefficient (Wildman–Crippen LogP) is 3.21. The molecule has 0 atom stereocenters. The van der Waals surface area contributed by atoms with E-state index in [0.717, 1.165) is 11.3 Å². The molecule has 29 heavy (non-hydrogen) atoms. The summed E-state index contributed by atoms with van der Waals surface area (Å²) in [5.41, 5.74) is 6.12. The molecule has 3 N–H and O–H groups in total. The van der Waals surface area contributed by atoms with Gasteiger partial charge in [0.05, 0.1) is 18.2 Å². The Morgan fingerprint density at radius 2 is 1.86 bits per heavy atom. The van der Waals surface area contributed by atoms with Crippen molar-refractivity contribution in [2.45, 2.75) is 6.92 Å². The summed E-state index contributed by atoms with van der Waals surface area (Å²) in [5, 5.41) is 2.41. The fraction of sp³-hybridized carbons (Fsp3) is 0.150. The van der Waals surface area contributed by atoms with E-state index < -0.39 is 11.8 Å². The second-order valence-corrected chi connectivity index (χ2v) is 6.84.